The predicted octanol–water partition coefficient (Wildman–Crippen LogP) is 6.11. The Hall–Kier alpha value is -3.78. The average molecular weight is 527 g/mol. The van der Waals surface area contributed by atoms with Crippen LogP contribution in [0, 0.1) is 6.92 Å². The third kappa shape index (κ3) is 4.32. The molecule has 1 aliphatic carbocycles. The van der Waals surface area contributed by atoms with E-state index in [1.165, 1.54) is 5.56 Å². The molecule has 2 aromatic heterocycles. The van der Waals surface area contributed by atoms with Gasteiger partial charge in [0.2, 0.25) is 11.8 Å². The monoisotopic (exact) mass is 526 g/mol. The molecule has 0 saturated heterocycles. The largest absolute Gasteiger partial charge is 0.469 e. The van der Waals surface area contributed by atoms with Gasteiger partial charge in [-0.05, 0) is 72.1 Å². The zero-order chi connectivity index (χ0) is 26.7. The highest BCUT2D eigenvalue weighted by Gasteiger charge is 2.35. The molecule has 6 bridgehead atoms. The number of aryl methyl sites for hydroxylation is 1. The summed E-state index contributed by atoms with van der Waals surface area (Å²) in [5.41, 5.74) is 5.92. The lowest BCUT2D eigenvalue weighted by Gasteiger charge is -2.34. The predicted molar refractivity (Wildman–Crippen MR) is 147 cm³/mol. The van der Waals surface area contributed by atoms with Gasteiger partial charge in [0.15, 0.2) is 0 Å². The number of hydrogen-bond acceptors (Lipinski definition) is 6. The van der Waals surface area contributed by atoms with Crippen LogP contribution in [0.1, 0.15) is 67.2 Å². The van der Waals surface area contributed by atoms with Crippen molar-refractivity contribution in [2.24, 2.45) is 0 Å². The number of nitrogens with zero attached hydrogens (tertiary/aromatic N) is 3. The molecule has 38 heavy (non-hydrogen) atoms. The fourth-order valence-corrected chi connectivity index (χ4v) is 6.56. The Bertz CT molecular complexity index is 1660. The summed E-state index contributed by atoms with van der Waals surface area (Å²) in [5, 5.41) is 0. The zero-order valence-electron chi connectivity index (χ0n) is 21.9. The summed E-state index contributed by atoms with van der Waals surface area (Å²) in [6.45, 7) is 8.18. The van der Waals surface area contributed by atoms with Gasteiger partial charge in [-0.3, -0.25) is 4.98 Å². The van der Waals surface area contributed by atoms with Crippen molar-refractivity contribution < 1.29 is 13.2 Å². The van der Waals surface area contributed by atoms with Gasteiger partial charge < -0.3 is 4.74 Å². The lowest BCUT2D eigenvalue weighted by molar-refractivity contribution is 0.163. The normalized spacial score (nSPS) is 19.7. The van der Waals surface area contributed by atoms with Crippen molar-refractivity contribution in [2.45, 2.75) is 62.9 Å². The molecule has 0 saturated carbocycles. The highest BCUT2D eigenvalue weighted by Crippen LogP contribution is 2.45. The first-order chi connectivity index (χ1) is 18.1. The molecule has 0 spiro atoms. The molecule has 0 radical (unpaired) electrons. The first kappa shape index (κ1) is 24.6. The van der Waals surface area contributed by atoms with Gasteiger partial charge in [0.25, 0.3) is 10.0 Å². The van der Waals surface area contributed by atoms with E-state index >= 15 is 0 Å². The number of rotatable bonds is 1. The van der Waals surface area contributed by atoms with Crippen LogP contribution < -0.4 is 9.46 Å². The summed E-state index contributed by atoms with van der Waals surface area (Å²) in [7, 11) is -3.94. The molecular weight excluding hydrogens is 496 g/mol. The van der Waals surface area contributed by atoms with E-state index in [-0.39, 0.29) is 22.9 Å². The lowest BCUT2D eigenvalue weighted by atomic mass is 9.78. The first-order valence-electron chi connectivity index (χ1n) is 12.8. The van der Waals surface area contributed by atoms with E-state index in [1.54, 1.807) is 24.4 Å². The summed E-state index contributed by atoms with van der Waals surface area (Å²) in [6.07, 6.45) is 3.00. The third-order valence-electron chi connectivity index (χ3n) is 7.37. The van der Waals surface area contributed by atoms with Crippen LogP contribution in [0.3, 0.4) is 0 Å². The van der Waals surface area contributed by atoms with E-state index in [2.05, 4.69) is 42.6 Å². The molecule has 4 aromatic rings. The average Bonchev–Trinajstić information content (AvgIpc) is 2.87. The summed E-state index contributed by atoms with van der Waals surface area (Å²) >= 11 is 0. The Labute approximate surface area is 223 Å². The molecule has 2 aliphatic rings. The molecule has 1 aliphatic heterocycles. The maximum Gasteiger partial charge on any atom is 0.264 e. The van der Waals surface area contributed by atoms with Crippen LogP contribution in [0.5, 0.6) is 5.88 Å². The van der Waals surface area contributed by atoms with Crippen molar-refractivity contribution >= 4 is 16.0 Å². The standard InChI is InChI=1S/C30H30N4O3S/c1-18-23(13-8-14-31-18)27-26(30(2,3)4)28-33-29(32-27)34-38(35,36)22-11-7-10-19(16-22)21-15-20-9-5-6-12-24(20)25(17-21)37-28/h5-14,16,21,25H,15,17H2,1-4H3,(H,32,33,34). The van der Waals surface area contributed by atoms with Gasteiger partial charge in [0.1, 0.15) is 6.10 Å². The van der Waals surface area contributed by atoms with Gasteiger partial charge in [-0.15, -0.1) is 0 Å². The number of benzene rings is 2. The van der Waals surface area contributed by atoms with Gasteiger partial charge in [-0.25, -0.2) is 18.1 Å². The number of fused-ring (bicyclic) bond motifs is 9. The number of ether oxygens (including phenoxy) is 1. The van der Waals surface area contributed by atoms with Crippen LogP contribution in [0.4, 0.5) is 5.95 Å². The van der Waals surface area contributed by atoms with E-state index < -0.39 is 15.4 Å². The number of nitrogens with one attached hydrogen (secondary N) is 1. The van der Waals surface area contributed by atoms with Crippen molar-refractivity contribution in [1.29, 1.82) is 0 Å². The van der Waals surface area contributed by atoms with E-state index in [4.69, 9.17) is 14.7 Å². The van der Waals surface area contributed by atoms with Crippen LogP contribution in [-0.2, 0) is 21.9 Å². The Morgan fingerprint density at radius 3 is 2.61 bits per heavy atom. The van der Waals surface area contributed by atoms with Crippen LogP contribution in [0.2, 0.25) is 0 Å². The van der Waals surface area contributed by atoms with Crippen LogP contribution >= 0.6 is 0 Å². The fraction of sp³-hybridized carbons (Fsp3) is 0.300. The minimum absolute atomic E-state index is 0.0297. The summed E-state index contributed by atoms with van der Waals surface area (Å²) < 4.78 is 36.5. The number of anilines is 1. The molecule has 194 valence electrons. The highest BCUT2D eigenvalue weighted by atomic mass is 32.2. The smallest absolute Gasteiger partial charge is 0.264 e. The lowest BCUT2D eigenvalue weighted by Crippen LogP contribution is -2.26. The van der Waals surface area contributed by atoms with Crippen LogP contribution in [0.25, 0.3) is 11.3 Å². The zero-order valence-corrected chi connectivity index (χ0v) is 22.7. The molecule has 6 rings (SSSR count). The second-order valence-electron chi connectivity index (χ2n) is 11.1. The first-order valence-corrected chi connectivity index (χ1v) is 14.3. The minimum Gasteiger partial charge on any atom is -0.469 e. The Kier molecular flexibility index (Phi) is 5.76. The summed E-state index contributed by atoms with van der Waals surface area (Å²) in [6, 6.07) is 19.3. The quantitative estimate of drug-likeness (QED) is 0.322. The molecule has 3 heterocycles. The second kappa shape index (κ2) is 8.91. The van der Waals surface area contributed by atoms with E-state index in [0.717, 1.165) is 34.4 Å². The summed E-state index contributed by atoms with van der Waals surface area (Å²) in [5.74, 6) is 0.454. The molecule has 1 N–H and O–H groups in total. The van der Waals surface area contributed by atoms with Crippen molar-refractivity contribution in [2.75, 3.05) is 4.72 Å². The van der Waals surface area contributed by atoms with Crippen molar-refractivity contribution in [3.05, 3.63) is 94.8 Å². The van der Waals surface area contributed by atoms with Crippen molar-refractivity contribution in [3.63, 3.8) is 0 Å². The van der Waals surface area contributed by atoms with Gasteiger partial charge >= 0.3 is 0 Å². The fourth-order valence-electron chi connectivity index (χ4n) is 5.56. The van der Waals surface area contributed by atoms with Gasteiger partial charge in [0, 0.05) is 23.0 Å². The van der Waals surface area contributed by atoms with Crippen molar-refractivity contribution in [1.82, 2.24) is 15.0 Å². The molecule has 0 amide bonds. The van der Waals surface area contributed by atoms with E-state index in [9.17, 15) is 8.42 Å². The molecule has 2 unspecified atom stereocenters. The third-order valence-corrected chi connectivity index (χ3v) is 8.70. The molecule has 0 fully saturated rings. The molecule has 2 aromatic carbocycles. The molecule has 8 heteroatoms. The highest BCUT2D eigenvalue weighted by molar-refractivity contribution is 7.92. The molecule has 2 atom stereocenters. The summed E-state index contributed by atoms with van der Waals surface area (Å²) in [4.78, 5) is 14.1. The van der Waals surface area contributed by atoms with E-state index in [1.807, 2.05) is 37.3 Å². The maximum absolute atomic E-state index is 13.5. The minimum atomic E-state index is -3.94. The number of pyridine rings is 1. The maximum atomic E-state index is 13.5. The second-order valence-corrected chi connectivity index (χ2v) is 12.8. The number of sulfonamides is 1. The van der Waals surface area contributed by atoms with Crippen molar-refractivity contribution in [3.8, 4) is 17.1 Å². The van der Waals surface area contributed by atoms with Gasteiger partial charge in [0.05, 0.1) is 10.6 Å². The Morgan fingerprint density at radius 2 is 1.82 bits per heavy atom. The SMILES string of the molecule is Cc1ncccc1-c1nc2nc(c1C(C)(C)C)OC1CC(Cc3ccccc31)c1cccc(c1)S(=O)(=O)N2. The van der Waals surface area contributed by atoms with Gasteiger partial charge in [-0.1, -0.05) is 57.2 Å². The van der Waals surface area contributed by atoms with E-state index in [0.29, 0.717) is 18.0 Å². The molecular formula is C30H30N4O3S. The molecule has 7 nitrogen and oxygen atoms in total. The van der Waals surface area contributed by atoms with Crippen LogP contribution in [-0.4, -0.2) is 23.4 Å². The van der Waals surface area contributed by atoms with Gasteiger partial charge in [-0.2, -0.15) is 4.98 Å². The topological polar surface area (TPSA) is 94.1 Å². The Balaban J connectivity index is 1.65. The number of hydrogen-bond donors (Lipinski definition) is 1. The Morgan fingerprint density at radius 1 is 1.00 bits per heavy atom. The van der Waals surface area contributed by atoms with Crippen LogP contribution in [0.15, 0.2) is 71.8 Å². The number of aromatic nitrogens is 3.